The third-order valence-corrected chi connectivity index (χ3v) is 3.50. The van der Waals surface area contributed by atoms with E-state index in [1.54, 1.807) is 16.4 Å². The highest BCUT2D eigenvalue weighted by molar-refractivity contribution is 7.99. The van der Waals surface area contributed by atoms with Gasteiger partial charge in [-0.15, -0.1) is 17.5 Å². The van der Waals surface area contributed by atoms with Crippen LogP contribution in [-0.4, -0.2) is 38.5 Å². The number of nitrogens with one attached hydrogen (secondary N) is 1. The van der Waals surface area contributed by atoms with E-state index < -0.39 is 0 Å². The van der Waals surface area contributed by atoms with Crippen LogP contribution in [0.3, 0.4) is 0 Å². The van der Waals surface area contributed by atoms with Crippen molar-refractivity contribution in [3.63, 3.8) is 0 Å². The summed E-state index contributed by atoms with van der Waals surface area (Å²) in [6, 6.07) is 0. The molecule has 0 amide bonds. The number of hydrogen-bond donors (Lipinski definition) is 1. The minimum atomic E-state index is 0. The average Bonchev–Trinajstić information content (AvgIpc) is 2.54. The lowest BCUT2D eigenvalue weighted by molar-refractivity contribution is 0.529. The van der Waals surface area contributed by atoms with Crippen LogP contribution in [0.1, 0.15) is 12.8 Å². The second-order valence-electron chi connectivity index (χ2n) is 3.15. The van der Waals surface area contributed by atoms with Crippen LogP contribution in [-0.2, 0) is 7.05 Å². The first-order valence-corrected chi connectivity index (χ1v) is 5.34. The number of thioether (sulfide) groups is 1. The Labute approximate surface area is 93.4 Å². The Hall–Kier alpha value is -0.330. The number of halogens is 1. The number of aryl methyl sites for hydroxylation is 1. The third-order valence-electron chi connectivity index (χ3n) is 2.14. The van der Waals surface area contributed by atoms with Crippen molar-refractivity contribution >= 4 is 24.2 Å². The van der Waals surface area contributed by atoms with E-state index >= 15 is 0 Å². The summed E-state index contributed by atoms with van der Waals surface area (Å²) in [7, 11) is 1.88. The number of tetrazole rings is 1. The maximum atomic E-state index is 3.95. The summed E-state index contributed by atoms with van der Waals surface area (Å²) >= 11 is 1.78. The molecule has 0 spiro atoms. The first kappa shape index (κ1) is 11.7. The molecule has 0 unspecified atom stereocenters. The quantitative estimate of drug-likeness (QED) is 0.808. The lowest BCUT2D eigenvalue weighted by atomic mass is 10.2. The molecule has 14 heavy (non-hydrogen) atoms. The van der Waals surface area contributed by atoms with Gasteiger partial charge in [-0.05, 0) is 36.4 Å². The highest BCUT2D eigenvalue weighted by atomic mass is 35.5. The zero-order chi connectivity index (χ0) is 9.10. The van der Waals surface area contributed by atoms with Crippen LogP contribution in [0.4, 0.5) is 0 Å². The van der Waals surface area contributed by atoms with Gasteiger partial charge in [-0.3, -0.25) is 0 Å². The molecule has 80 valence electrons. The number of piperidine rings is 1. The molecule has 1 aliphatic heterocycles. The van der Waals surface area contributed by atoms with Crippen molar-refractivity contribution in [2.45, 2.75) is 23.2 Å². The number of rotatable bonds is 2. The van der Waals surface area contributed by atoms with Crippen molar-refractivity contribution in [3.05, 3.63) is 0 Å². The molecule has 1 aromatic rings. The van der Waals surface area contributed by atoms with Crippen LogP contribution >= 0.6 is 24.2 Å². The van der Waals surface area contributed by atoms with Crippen molar-refractivity contribution in [2.24, 2.45) is 7.05 Å². The molecule has 1 N–H and O–H groups in total. The molecule has 0 bridgehead atoms. The fourth-order valence-corrected chi connectivity index (χ4v) is 2.43. The summed E-state index contributed by atoms with van der Waals surface area (Å²) in [6.07, 6.45) is 2.41. The predicted octanol–water partition coefficient (Wildman–Crippen LogP) is 0.476. The van der Waals surface area contributed by atoms with E-state index in [0.29, 0.717) is 5.25 Å². The van der Waals surface area contributed by atoms with E-state index in [1.807, 2.05) is 7.05 Å². The van der Waals surface area contributed by atoms with Crippen LogP contribution in [0, 0.1) is 0 Å². The number of aromatic nitrogens is 4. The minimum absolute atomic E-state index is 0. The van der Waals surface area contributed by atoms with Crippen molar-refractivity contribution in [1.82, 2.24) is 25.5 Å². The van der Waals surface area contributed by atoms with E-state index in [-0.39, 0.29) is 12.4 Å². The zero-order valence-electron chi connectivity index (χ0n) is 8.01. The van der Waals surface area contributed by atoms with Gasteiger partial charge < -0.3 is 5.32 Å². The molecule has 1 aliphatic rings. The van der Waals surface area contributed by atoms with Gasteiger partial charge in [0, 0.05) is 12.3 Å². The summed E-state index contributed by atoms with van der Waals surface area (Å²) in [4.78, 5) is 0. The van der Waals surface area contributed by atoms with Crippen LogP contribution in [0.25, 0.3) is 0 Å². The van der Waals surface area contributed by atoms with E-state index in [9.17, 15) is 0 Å². The summed E-state index contributed by atoms with van der Waals surface area (Å²) in [5.41, 5.74) is 0. The normalized spacial score (nSPS) is 17.8. The first-order valence-electron chi connectivity index (χ1n) is 4.46. The molecular weight excluding hydrogens is 222 g/mol. The molecule has 0 radical (unpaired) electrons. The maximum Gasteiger partial charge on any atom is 0.209 e. The van der Waals surface area contributed by atoms with Crippen LogP contribution < -0.4 is 5.32 Å². The minimum Gasteiger partial charge on any atom is -0.317 e. The molecule has 0 saturated carbocycles. The predicted molar refractivity (Wildman–Crippen MR) is 57.8 cm³/mol. The monoisotopic (exact) mass is 235 g/mol. The van der Waals surface area contributed by atoms with E-state index in [0.717, 1.165) is 18.2 Å². The summed E-state index contributed by atoms with van der Waals surface area (Å²) in [6.45, 7) is 2.23. The van der Waals surface area contributed by atoms with Gasteiger partial charge in [-0.2, -0.15) is 0 Å². The van der Waals surface area contributed by atoms with Gasteiger partial charge in [-0.1, -0.05) is 11.8 Å². The van der Waals surface area contributed by atoms with Gasteiger partial charge >= 0.3 is 0 Å². The van der Waals surface area contributed by atoms with Gasteiger partial charge in [0.2, 0.25) is 5.16 Å². The van der Waals surface area contributed by atoms with Crippen molar-refractivity contribution in [1.29, 1.82) is 0 Å². The molecule has 1 saturated heterocycles. The Morgan fingerprint density at radius 1 is 1.43 bits per heavy atom. The van der Waals surface area contributed by atoms with Gasteiger partial charge in [0.25, 0.3) is 0 Å². The van der Waals surface area contributed by atoms with Crippen LogP contribution in [0.5, 0.6) is 0 Å². The van der Waals surface area contributed by atoms with E-state index in [4.69, 9.17) is 0 Å². The zero-order valence-corrected chi connectivity index (χ0v) is 9.64. The first-order chi connectivity index (χ1) is 6.36. The molecule has 0 atom stereocenters. The second-order valence-corrected chi connectivity index (χ2v) is 4.42. The average molecular weight is 236 g/mol. The summed E-state index contributed by atoms with van der Waals surface area (Å²) in [5, 5.41) is 16.3. The molecule has 0 aromatic carbocycles. The Morgan fingerprint density at radius 3 is 2.71 bits per heavy atom. The van der Waals surface area contributed by atoms with Crippen LogP contribution in [0.2, 0.25) is 0 Å². The SMILES string of the molecule is Cl.Cn1nnnc1SC1CCNCC1. The Balaban J connectivity index is 0.000000980. The highest BCUT2D eigenvalue weighted by Crippen LogP contribution is 2.25. The van der Waals surface area contributed by atoms with Gasteiger partial charge in [0.1, 0.15) is 0 Å². The molecule has 7 heteroatoms. The fraction of sp³-hybridized carbons (Fsp3) is 0.857. The van der Waals surface area contributed by atoms with E-state index in [1.165, 1.54) is 12.8 Å². The summed E-state index contributed by atoms with van der Waals surface area (Å²) in [5.74, 6) is 0. The van der Waals surface area contributed by atoms with Gasteiger partial charge in [0.15, 0.2) is 0 Å². The smallest absolute Gasteiger partial charge is 0.209 e. The fourth-order valence-electron chi connectivity index (χ4n) is 1.38. The Kier molecular flexibility index (Phi) is 4.64. The van der Waals surface area contributed by atoms with Crippen molar-refractivity contribution in [2.75, 3.05) is 13.1 Å². The molecule has 0 aliphatic carbocycles. The summed E-state index contributed by atoms with van der Waals surface area (Å²) < 4.78 is 1.73. The van der Waals surface area contributed by atoms with Crippen LogP contribution in [0.15, 0.2) is 5.16 Å². The largest absolute Gasteiger partial charge is 0.317 e. The molecule has 2 rings (SSSR count). The number of hydrogen-bond acceptors (Lipinski definition) is 5. The molecule has 1 aromatic heterocycles. The molecule has 5 nitrogen and oxygen atoms in total. The maximum absolute atomic E-state index is 3.95. The topological polar surface area (TPSA) is 55.6 Å². The lowest BCUT2D eigenvalue weighted by Crippen LogP contribution is -2.29. The lowest BCUT2D eigenvalue weighted by Gasteiger charge is -2.20. The second kappa shape index (κ2) is 5.53. The standard InChI is InChI=1S/C7H13N5S.ClH/c1-12-7(9-10-11-12)13-6-2-4-8-5-3-6;/h6,8H,2-5H2,1H3;1H. The van der Waals surface area contributed by atoms with Gasteiger partial charge in [0.05, 0.1) is 0 Å². The van der Waals surface area contributed by atoms with E-state index in [2.05, 4.69) is 20.8 Å². The number of nitrogens with zero attached hydrogens (tertiary/aromatic N) is 4. The Bertz CT molecular complexity index is 273. The van der Waals surface area contributed by atoms with Crippen molar-refractivity contribution in [3.8, 4) is 0 Å². The highest BCUT2D eigenvalue weighted by Gasteiger charge is 2.16. The molecule has 1 fully saturated rings. The van der Waals surface area contributed by atoms with Gasteiger partial charge in [-0.25, -0.2) is 4.68 Å². The Morgan fingerprint density at radius 2 is 2.14 bits per heavy atom. The molecule has 2 heterocycles. The third kappa shape index (κ3) is 2.83. The molecular formula is C7H14ClN5S. The van der Waals surface area contributed by atoms with Crippen molar-refractivity contribution < 1.29 is 0 Å².